The van der Waals surface area contributed by atoms with Gasteiger partial charge in [0.05, 0.1) is 5.75 Å². The van der Waals surface area contributed by atoms with Crippen LogP contribution in [0.2, 0.25) is 0 Å². The van der Waals surface area contributed by atoms with Crippen molar-refractivity contribution in [2.75, 3.05) is 22.5 Å². The highest BCUT2D eigenvalue weighted by molar-refractivity contribution is 7.99. The number of rotatable bonds is 9. The van der Waals surface area contributed by atoms with E-state index in [9.17, 15) is 9.59 Å². The van der Waals surface area contributed by atoms with E-state index in [0.717, 1.165) is 24.3 Å². The van der Waals surface area contributed by atoms with Gasteiger partial charge in [-0.3, -0.25) is 9.36 Å². The van der Waals surface area contributed by atoms with Crippen molar-refractivity contribution in [2.24, 2.45) is 0 Å². The Morgan fingerprint density at radius 2 is 2.00 bits per heavy atom. The lowest BCUT2D eigenvalue weighted by molar-refractivity contribution is -0.113. The Morgan fingerprint density at radius 3 is 2.58 bits per heavy atom. The van der Waals surface area contributed by atoms with Crippen LogP contribution >= 0.6 is 11.8 Å². The van der Waals surface area contributed by atoms with Crippen LogP contribution in [0.3, 0.4) is 0 Å². The Hall–Kier alpha value is -2.22. The predicted molar refractivity (Wildman–Crippen MR) is 107 cm³/mol. The first kappa shape index (κ1) is 20.1. The van der Waals surface area contributed by atoms with Gasteiger partial charge in [-0.1, -0.05) is 18.7 Å². The van der Waals surface area contributed by atoms with E-state index in [1.807, 2.05) is 31.2 Å². The van der Waals surface area contributed by atoms with Crippen molar-refractivity contribution in [1.29, 1.82) is 0 Å². The van der Waals surface area contributed by atoms with E-state index in [2.05, 4.69) is 41.2 Å². The SMILES string of the molecule is CCCn1c(SCC(=O)Nc2ccc(N(CC)C(C)C)cc2)n[nH]c1=O. The van der Waals surface area contributed by atoms with Gasteiger partial charge in [-0.2, -0.15) is 0 Å². The molecule has 1 amide bonds. The molecule has 2 N–H and O–H groups in total. The molecular weight excluding hydrogens is 350 g/mol. The summed E-state index contributed by atoms with van der Waals surface area (Å²) < 4.78 is 1.55. The number of benzene rings is 1. The van der Waals surface area contributed by atoms with Crippen LogP contribution < -0.4 is 15.9 Å². The standard InChI is InChI=1S/C18H27N5O2S/c1-5-11-23-17(25)20-21-18(23)26-12-16(24)19-14-7-9-15(10-8-14)22(6-2)13(3)4/h7-10,13H,5-6,11-12H2,1-4H3,(H,19,24)(H,20,25). The maximum absolute atomic E-state index is 12.2. The summed E-state index contributed by atoms with van der Waals surface area (Å²) in [5, 5.41) is 9.82. The number of aromatic nitrogens is 3. The second-order valence-corrected chi connectivity index (χ2v) is 7.17. The van der Waals surface area contributed by atoms with E-state index in [1.165, 1.54) is 11.8 Å². The molecule has 0 spiro atoms. The number of carbonyl (C=O) groups is 1. The molecule has 0 unspecified atom stereocenters. The number of hydrogen-bond acceptors (Lipinski definition) is 5. The molecule has 0 fully saturated rings. The molecule has 2 rings (SSSR count). The summed E-state index contributed by atoms with van der Waals surface area (Å²) in [6.07, 6.45) is 0.830. The smallest absolute Gasteiger partial charge is 0.343 e. The molecule has 7 nitrogen and oxygen atoms in total. The van der Waals surface area contributed by atoms with Gasteiger partial charge in [-0.25, -0.2) is 9.89 Å². The lowest BCUT2D eigenvalue weighted by Crippen LogP contribution is -2.30. The summed E-state index contributed by atoms with van der Waals surface area (Å²) in [5.41, 5.74) is 1.65. The van der Waals surface area contributed by atoms with Crippen LogP contribution in [0.1, 0.15) is 34.1 Å². The minimum Gasteiger partial charge on any atom is -0.369 e. The number of anilines is 2. The Kier molecular flexibility index (Phi) is 7.32. The van der Waals surface area contributed by atoms with Crippen LogP contribution in [-0.4, -0.2) is 39.0 Å². The topological polar surface area (TPSA) is 83.0 Å². The van der Waals surface area contributed by atoms with Gasteiger partial charge in [-0.15, -0.1) is 5.10 Å². The molecule has 0 radical (unpaired) electrons. The maximum Gasteiger partial charge on any atom is 0.343 e. The molecule has 142 valence electrons. The Morgan fingerprint density at radius 1 is 1.31 bits per heavy atom. The van der Waals surface area contributed by atoms with Gasteiger partial charge in [0.25, 0.3) is 0 Å². The Bertz CT molecular complexity index is 767. The number of amides is 1. The van der Waals surface area contributed by atoms with Crippen LogP contribution in [0.5, 0.6) is 0 Å². The van der Waals surface area contributed by atoms with Crippen molar-refractivity contribution in [3.8, 4) is 0 Å². The fourth-order valence-corrected chi connectivity index (χ4v) is 3.52. The Balaban J connectivity index is 1.93. The molecule has 0 atom stereocenters. The van der Waals surface area contributed by atoms with Crippen molar-refractivity contribution < 1.29 is 4.79 Å². The van der Waals surface area contributed by atoms with E-state index >= 15 is 0 Å². The monoisotopic (exact) mass is 377 g/mol. The molecular formula is C18H27N5O2S. The number of H-pyrrole nitrogens is 1. The molecule has 0 aliphatic heterocycles. The quantitative estimate of drug-likeness (QED) is 0.657. The average molecular weight is 378 g/mol. The minimum absolute atomic E-state index is 0.127. The van der Waals surface area contributed by atoms with E-state index < -0.39 is 0 Å². The number of hydrogen-bond donors (Lipinski definition) is 2. The van der Waals surface area contributed by atoms with Gasteiger partial charge in [-0.05, 0) is 51.5 Å². The maximum atomic E-state index is 12.2. The van der Waals surface area contributed by atoms with E-state index in [0.29, 0.717) is 17.7 Å². The van der Waals surface area contributed by atoms with Crippen molar-refractivity contribution in [1.82, 2.24) is 14.8 Å². The van der Waals surface area contributed by atoms with Crippen LogP contribution in [0.15, 0.2) is 34.2 Å². The number of aromatic amines is 1. The van der Waals surface area contributed by atoms with E-state index in [4.69, 9.17) is 0 Å². The van der Waals surface area contributed by atoms with Gasteiger partial charge in [0.15, 0.2) is 5.16 Å². The molecule has 2 aromatic rings. The number of nitrogens with one attached hydrogen (secondary N) is 2. The Labute approximate surface area is 158 Å². The lowest BCUT2D eigenvalue weighted by atomic mass is 10.2. The second-order valence-electron chi connectivity index (χ2n) is 6.23. The molecule has 0 aliphatic rings. The third-order valence-corrected chi connectivity index (χ3v) is 4.93. The van der Waals surface area contributed by atoms with Gasteiger partial charge in [0, 0.05) is 30.5 Å². The summed E-state index contributed by atoms with van der Waals surface area (Å²) in [4.78, 5) is 26.1. The van der Waals surface area contributed by atoms with Gasteiger partial charge in [0.1, 0.15) is 0 Å². The van der Waals surface area contributed by atoms with Crippen LogP contribution in [0, 0.1) is 0 Å². The van der Waals surface area contributed by atoms with Gasteiger partial charge in [0.2, 0.25) is 5.91 Å². The summed E-state index contributed by atoms with van der Waals surface area (Å²) >= 11 is 1.25. The zero-order valence-electron chi connectivity index (χ0n) is 15.8. The second kappa shape index (κ2) is 9.47. The highest BCUT2D eigenvalue weighted by Gasteiger charge is 2.12. The molecule has 1 heterocycles. The molecule has 1 aromatic carbocycles. The van der Waals surface area contributed by atoms with E-state index in [-0.39, 0.29) is 17.3 Å². The first-order valence-electron chi connectivity index (χ1n) is 8.90. The fourth-order valence-electron chi connectivity index (χ4n) is 2.74. The number of thioether (sulfide) groups is 1. The third-order valence-electron chi connectivity index (χ3n) is 3.95. The van der Waals surface area contributed by atoms with Crippen LogP contribution in [0.25, 0.3) is 0 Å². The first-order valence-corrected chi connectivity index (χ1v) is 9.89. The summed E-state index contributed by atoms with van der Waals surface area (Å²) in [5.74, 6) is 0.0699. The predicted octanol–water partition coefficient (Wildman–Crippen LogP) is 2.95. The van der Waals surface area contributed by atoms with E-state index in [1.54, 1.807) is 4.57 Å². The minimum atomic E-state index is -0.240. The molecule has 26 heavy (non-hydrogen) atoms. The summed E-state index contributed by atoms with van der Waals surface area (Å²) in [7, 11) is 0. The van der Waals surface area contributed by atoms with Gasteiger partial charge < -0.3 is 10.2 Å². The highest BCUT2D eigenvalue weighted by Crippen LogP contribution is 2.20. The first-order chi connectivity index (χ1) is 12.5. The van der Waals surface area contributed by atoms with Crippen LogP contribution in [0.4, 0.5) is 11.4 Å². The largest absolute Gasteiger partial charge is 0.369 e. The molecule has 8 heteroatoms. The van der Waals surface area contributed by atoms with Crippen LogP contribution in [-0.2, 0) is 11.3 Å². The molecule has 1 aromatic heterocycles. The normalized spacial score (nSPS) is 11.0. The lowest BCUT2D eigenvalue weighted by Gasteiger charge is -2.27. The fraction of sp³-hybridized carbons (Fsp3) is 0.500. The van der Waals surface area contributed by atoms with Gasteiger partial charge >= 0.3 is 5.69 Å². The number of carbonyl (C=O) groups excluding carboxylic acids is 1. The summed E-state index contributed by atoms with van der Waals surface area (Å²) in [6, 6.07) is 8.26. The highest BCUT2D eigenvalue weighted by atomic mass is 32.2. The zero-order chi connectivity index (χ0) is 19.1. The third kappa shape index (κ3) is 5.14. The number of nitrogens with zero attached hydrogens (tertiary/aromatic N) is 3. The van der Waals surface area contributed by atoms with Crippen molar-refractivity contribution >= 4 is 29.0 Å². The average Bonchev–Trinajstić information content (AvgIpc) is 2.95. The summed E-state index contributed by atoms with van der Waals surface area (Å²) in [6.45, 7) is 9.95. The molecule has 0 bridgehead atoms. The van der Waals surface area contributed by atoms with Crippen molar-refractivity contribution in [2.45, 2.75) is 51.9 Å². The molecule has 0 aliphatic carbocycles. The molecule has 0 saturated carbocycles. The zero-order valence-corrected chi connectivity index (χ0v) is 16.6. The van der Waals surface area contributed by atoms with Crippen molar-refractivity contribution in [3.63, 3.8) is 0 Å². The van der Waals surface area contributed by atoms with Crippen molar-refractivity contribution in [3.05, 3.63) is 34.7 Å². The molecule has 0 saturated heterocycles.